The molecule has 5 aromatic rings. The number of hydrogen-bond donors (Lipinski definition) is 1. The number of halogens is 1. The number of anilines is 1. The minimum atomic E-state index is -0.359. The van der Waals surface area contributed by atoms with E-state index < -0.39 is 0 Å². The molecule has 1 N–H and O–H groups in total. The van der Waals surface area contributed by atoms with Crippen LogP contribution in [0.4, 0.5) is 5.82 Å². The Kier molecular flexibility index (Phi) is 6.69. The van der Waals surface area contributed by atoms with Crippen LogP contribution in [0, 0.1) is 0 Å². The minimum absolute atomic E-state index is 0.223. The summed E-state index contributed by atoms with van der Waals surface area (Å²) in [6, 6.07) is 18.0. The molecule has 0 aliphatic rings. The molecule has 1 amide bonds. The summed E-state index contributed by atoms with van der Waals surface area (Å²) in [6.45, 7) is 6.21. The van der Waals surface area contributed by atoms with Crippen LogP contribution in [0.3, 0.4) is 0 Å². The number of nitrogens with zero attached hydrogens (tertiary/aromatic N) is 5. The number of aromatic nitrogens is 5. The molecule has 3 heterocycles. The van der Waals surface area contributed by atoms with E-state index in [2.05, 4.69) is 41.0 Å². The van der Waals surface area contributed by atoms with Crippen molar-refractivity contribution < 1.29 is 14.3 Å². The van der Waals surface area contributed by atoms with Gasteiger partial charge in [-0.3, -0.25) is 9.78 Å². The number of carbonyl (C=O) groups excluding carboxylic acids is 1. The summed E-state index contributed by atoms with van der Waals surface area (Å²) in [5, 5.41) is 9.51. The zero-order chi connectivity index (χ0) is 26.9. The largest absolute Gasteiger partial charge is 0.497 e. The second-order valence-corrected chi connectivity index (χ2v) is 9.94. The number of methoxy groups -OCH3 is 1. The van der Waals surface area contributed by atoms with Crippen LogP contribution in [0.5, 0.6) is 17.4 Å². The second-order valence-electron chi connectivity index (χ2n) is 9.55. The first kappa shape index (κ1) is 25.2. The minimum Gasteiger partial charge on any atom is -0.497 e. The average Bonchev–Trinajstić information content (AvgIpc) is 3.32. The molecule has 3 aromatic heterocycles. The molecule has 0 atom stereocenters. The Morgan fingerprint density at radius 3 is 2.42 bits per heavy atom. The van der Waals surface area contributed by atoms with Crippen LogP contribution in [0.2, 0.25) is 5.15 Å². The third kappa shape index (κ3) is 5.28. The van der Waals surface area contributed by atoms with Crippen molar-refractivity contribution in [2.75, 3.05) is 12.4 Å². The Morgan fingerprint density at radius 2 is 1.71 bits per heavy atom. The predicted octanol–water partition coefficient (Wildman–Crippen LogP) is 6.21. The number of carbonyl (C=O) groups is 1. The summed E-state index contributed by atoms with van der Waals surface area (Å²) in [5.41, 5.74) is 1.67. The molecule has 0 saturated heterocycles. The van der Waals surface area contributed by atoms with Gasteiger partial charge in [0.15, 0.2) is 0 Å². The van der Waals surface area contributed by atoms with Crippen molar-refractivity contribution in [3.8, 4) is 23.1 Å². The number of ether oxygens (including phenoxy) is 2. The lowest BCUT2D eigenvalue weighted by molar-refractivity contribution is 0.102. The highest BCUT2D eigenvalue weighted by molar-refractivity contribution is 6.29. The highest BCUT2D eigenvalue weighted by Crippen LogP contribution is 2.29. The number of rotatable bonds is 6. The number of pyridine rings is 1. The van der Waals surface area contributed by atoms with Gasteiger partial charge in [0, 0.05) is 29.1 Å². The summed E-state index contributed by atoms with van der Waals surface area (Å²) >= 11 is 5.92. The van der Waals surface area contributed by atoms with Gasteiger partial charge in [-0.2, -0.15) is 5.10 Å². The molecule has 0 unspecified atom stereocenters. The van der Waals surface area contributed by atoms with E-state index in [1.807, 2.05) is 42.5 Å². The molecule has 0 aliphatic heterocycles. The van der Waals surface area contributed by atoms with E-state index in [4.69, 9.17) is 26.2 Å². The standard InChI is InChI=1S/C28H25ClN6O3/c1-28(2,3)22-14-24(35(34-22)18-5-7-19(37-4)8-6-18)33-27(36)26-21-10-9-20(13-17(21)11-12-30-26)38-25-15-23(29)31-16-32-25/h5-16H,1-4H3,(H,33,36). The van der Waals surface area contributed by atoms with Crippen LogP contribution < -0.4 is 14.8 Å². The van der Waals surface area contributed by atoms with Crippen LogP contribution in [0.1, 0.15) is 37.0 Å². The maximum atomic E-state index is 13.5. The third-order valence-electron chi connectivity index (χ3n) is 5.82. The van der Waals surface area contributed by atoms with E-state index in [0.29, 0.717) is 22.8 Å². The van der Waals surface area contributed by atoms with Crippen LogP contribution >= 0.6 is 11.6 Å². The molecule has 0 fully saturated rings. The van der Waals surface area contributed by atoms with E-state index in [1.54, 1.807) is 30.1 Å². The summed E-state index contributed by atoms with van der Waals surface area (Å²) in [4.78, 5) is 25.8. The van der Waals surface area contributed by atoms with Crippen LogP contribution in [0.15, 0.2) is 73.2 Å². The first-order valence-corrected chi connectivity index (χ1v) is 12.2. The van der Waals surface area contributed by atoms with Crippen molar-refractivity contribution in [2.24, 2.45) is 0 Å². The maximum absolute atomic E-state index is 13.5. The highest BCUT2D eigenvalue weighted by atomic mass is 35.5. The summed E-state index contributed by atoms with van der Waals surface area (Å²) < 4.78 is 12.8. The number of amides is 1. The van der Waals surface area contributed by atoms with Crippen molar-refractivity contribution in [3.63, 3.8) is 0 Å². The van der Waals surface area contributed by atoms with E-state index in [0.717, 1.165) is 22.5 Å². The highest BCUT2D eigenvalue weighted by Gasteiger charge is 2.23. The molecule has 0 bridgehead atoms. The first-order valence-electron chi connectivity index (χ1n) is 11.8. The van der Waals surface area contributed by atoms with Gasteiger partial charge in [-0.15, -0.1) is 0 Å². The van der Waals surface area contributed by atoms with Crippen molar-refractivity contribution >= 4 is 34.1 Å². The average molecular weight is 529 g/mol. The molecule has 5 rings (SSSR count). The molecule has 0 saturated carbocycles. The normalized spacial score (nSPS) is 11.4. The topological polar surface area (TPSA) is 104 Å². The molecule has 38 heavy (non-hydrogen) atoms. The first-order chi connectivity index (χ1) is 18.2. The van der Waals surface area contributed by atoms with Gasteiger partial charge in [0.2, 0.25) is 5.88 Å². The zero-order valence-electron chi connectivity index (χ0n) is 21.3. The van der Waals surface area contributed by atoms with Gasteiger partial charge in [0.1, 0.15) is 34.5 Å². The zero-order valence-corrected chi connectivity index (χ0v) is 22.0. The Hall–Kier alpha value is -4.50. The van der Waals surface area contributed by atoms with Gasteiger partial charge >= 0.3 is 0 Å². The molecular formula is C28H25ClN6O3. The fraction of sp³-hybridized carbons (Fsp3) is 0.179. The van der Waals surface area contributed by atoms with Gasteiger partial charge in [-0.25, -0.2) is 14.6 Å². The third-order valence-corrected chi connectivity index (χ3v) is 6.03. The molecule has 0 radical (unpaired) electrons. The van der Waals surface area contributed by atoms with Crippen LogP contribution in [-0.2, 0) is 5.41 Å². The second kappa shape index (κ2) is 10.1. The Bertz CT molecular complexity index is 1630. The molecule has 2 aromatic carbocycles. The Labute approximate surface area is 224 Å². The molecule has 0 spiro atoms. The van der Waals surface area contributed by atoms with Crippen molar-refractivity contribution in [3.05, 3.63) is 89.7 Å². The molecular weight excluding hydrogens is 504 g/mol. The Morgan fingerprint density at radius 1 is 0.947 bits per heavy atom. The van der Waals surface area contributed by atoms with E-state index >= 15 is 0 Å². The summed E-state index contributed by atoms with van der Waals surface area (Å²) in [5.74, 6) is 1.76. The SMILES string of the molecule is COc1ccc(-n2nc(C(C)(C)C)cc2NC(=O)c2nccc3cc(Oc4cc(Cl)ncn4)ccc23)cc1. The lowest BCUT2D eigenvalue weighted by Gasteiger charge is -2.14. The number of hydrogen-bond acceptors (Lipinski definition) is 7. The smallest absolute Gasteiger partial charge is 0.276 e. The van der Waals surface area contributed by atoms with Gasteiger partial charge < -0.3 is 14.8 Å². The number of fused-ring (bicyclic) bond motifs is 1. The number of benzene rings is 2. The molecule has 192 valence electrons. The van der Waals surface area contributed by atoms with Gasteiger partial charge in [-0.1, -0.05) is 32.4 Å². The van der Waals surface area contributed by atoms with Crippen LogP contribution in [0.25, 0.3) is 16.5 Å². The molecule has 10 heteroatoms. The monoisotopic (exact) mass is 528 g/mol. The van der Waals surface area contributed by atoms with Crippen molar-refractivity contribution in [1.29, 1.82) is 0 Å². The van der Waals surface area contributed by atoms with E-state index in [1.165, 1.54) is 12.4 Å². The maximum Gasteiger partial charge on any atom is 0.276 e. The Balaban J connectivity index is 1.47. The van der Waals surface area contributed by atoms with Gasteiger partial charge in [0.25, 0.3) is 5.91 Å². The van der Waals surface area contributed by atoms with E-state index in [9.17, 15) is 4.79 Å². The van der Waals surface area contributed by atoms with Crippen LogP contribution in [-0.4, -0.2) is 37.7 Å². The van der Waals surface area contributed by atoms with Crippen molar-refractivity contribution in [2.45, 2.75) is 26.2 Å². The van der Waals surface area contributed by atoms with Gasteiger partial charge in [-0.05, 0) is 53.9 Å². The molecule has 0 aliphatic carbocycles. The fourth-order valence-corrected chi connectivity index (χ4v) is 3.96. The lowest BCUT2D eigenvalue weighted by Crippen LogP contribution is -2.17. The van der Waals surface area contributed by atoms with E-state index in [-0.39, 0.29) is 22.2 Å². The quantitative estimate of drug-likeness (QED) is 0.261. The van der Waals surface area contributed by atoms with Gasteiger partial charge in [0.05, 0.1) is 18.5 Å². The van der Waals surface area contributed by atoms with Crippen molar-refractivity contribution in [1.82, 2.24) is 24.7 Å². The lowest BCUT2D eigenvalue weighted by atomic mass is 9.92. The predicted molar refractivity (Wildman–Crippen MR) is 146 cm³/mol. The molecule has 9 nitrogen and oxygen atoms in total. The fourth-order valence-electron chi connectivity index (χ4n) is 3.83. The number of nitrogens with one attached hydrogen (secondary N) is 1. The summed E-state index contributed by atoms with van der Waals surface area (Å²) in [6.07, 6.45) is 2.91. The summed E-state index contributed by atoms with van der Waals surface area (Å²) in [7, 11) is 1.62.